The lowest BCUT2D eigenvalue weighted by Crippen LogP contribution is -2.47. The molecule has 1 N–H and O–H groups in total. The van der Waals surface area contributed by atoms with Crippen molar-refractivity contribution in [2.24, 2.45) is 0 Å². The highest BCUT2D eigenvalue weighted by Crippen LogP contribution is 2.26. The van der Waals surface area contributed by atoms with Crippen LogP contribution in [0.2, 0.25) is 0 Å². The molecule has 9 heteroatoms. The van der Waals surface area contributed by atoms with Crippen LogP contribution >= 0.6 is 11.8 Å². The molecule has 0 radical (unpaired) electrons. The number of aromatic nitrogens is 3. The Labute approximate surface area is 232 Å². The summed E-state index contributed by atoms with van der Waals surface area (Å²) in [6.45, 7) is 5.49. The normalized spacial score (nSPS) is 13.4. The number of anilines is 2. The molecule has 4 aromatic rings. The van der Waals surface area contributed by atoms with Crippen molar-refractivity contribution in [1.82, 2.24) is 20.3 Å². The Kier molecular flexibility index (Phi) is 8.68. The summed E-state index contributed by atoms with van der Waals surface area (Å²) in [5.74, 6) is 1.25. The minimum Gasteiger partial charge on any atom is -0.366 e. The van der Waals surface area contributed by atoms with Gasteiger partial charge >= 0.3 is 0 Å². The van der Waals surface area contributed by atoms with E-state index in [4.69, 9.17) is 9.97 Å². The van der Waals surface area contributed by atoms with Crippen molar-refractivity contribution in [3.63, 3.8) is 0 Å². The number of nitrogens with zero attached hydrogens (tertiary/aromatic N) is 5. The van der Waals surface area contributed by atoms with Gasteiger partial charge in [0, 0.05) is 68.2 Å². The smallest absolute Gasteiger partial charge is 0.251 e. The Morgan fingerprint density at radius 3 is 2.51 bits per heavy atom. The Morgan fingerprint density at radius 1 is 0.949 bits per heavy atom. The van der Waals surface area contributed by atoms with Crippen LogP contribution in [0.3, 0.4) is 0 Å². The van der Waals surface area contributed by atoms with Gasteiger partial charge in [-0.1, -0.05) is 49.0 Å². The second kappa shape index (κ2) is 12.7. The number of hydrogen-bond donors (Lipinski definition) is 1. The van der Waals surface area contributed by atoms with E-state index in [-0.39, 0.29) is 11.7 Å². The minimum absolute atomic E-state index is 0.119. The van der Waals surface area contributed by atoms with Crippen LogP contribution in [-0.2, 0) is 18.7 Å². The van der Waals surface area contributed by atoms with E-state index < -0.39 is 0 Å². The first-order valence-corrected chi connectivity index (χ1v) is 14.1. The van der Waals surface area contributed by atoms with Crippen molar-refractivity contribution < 1.29 is 9.18 Å². The summed E-state index contributed by atoms with van der Waals surface area (Å²) in [6.07, 6.45) is 4.27. The van der Waals surface area contributed by atoms with Crippen molar-refractivity contribution in [2.45, 2.75) is 30.8 Å². The number of amides is 1. The molecule has 5 rings (SSSR count). The van der Waals surface area contributed by atoms with Crippen molar-refractivity contribution >= 4 is 29.2 Å². The highest BCUT2D eigenvalue weighted by Gasteiger charge is 2.21. The van der Waals surface area contributed by atoms with E-state index in [2.05, 4.69) is 33.1 Å². The molecule has 0 spiro atoms. The molecule has 1 saturated heterocycles. The van der Waals surface area contributed by atoms with Crippen molar-refractivity contribution in [3.05, 3.63) is 107 Å². The molecule has 2 aromatic carbocycles. The maximum Gasteiger partial charge on any atom is 0.251 e. The predicted molar refractivity (Wildman–Crippen MR) is 154 cm³/mol. The second-order valence-electron chi connectivity index (χ2n) is 9.31. The highest BCUT2D eigenvalue weighted by atomic mass is 32.2. The van der Waals surface area contributed by atoms with Gasteiger partial charge in [0.1, 0.15) is 11.6 Å². The van der Waals surface area contributed by atoms with Gasteiger partial charge in [-0.3, -0.25) is 9.78 Å². The van der Waals surface area contributed by atoms with Crippen LogP contribution in [0, 0.1) is 5.82 Å². The van der Waals surface area contributed by atoms with Gasteiger partial charge in [-0.2, -0.15) is 0 Å². The first-order valence-electron chi connectivity index (χ1n) is 13.1. The number of pyridine rings is 1. The van der Waals surface area contributed by atoms with Crippen LogP contribution < -0.4 is 15.1 Å². The number of carbonyl (C=O) groups excluding carboxylic acids is 1. The fourth-order valence-electron chi connectivity index (χ4n) is 4.49. The summed E-state index contributed by atoms with van der Waals surface area (Å²) < 4.78 is 14.2. The van der Waals surface area contributed by atoms with E-state index in [0.717, 1.165) is 55.2 Å². The van der Waals surface area contributed by atoms with Crippen molar-refractivity contribution in [1.29, 1.82) is 0 Å². The van der Waals surface area contributed by atoms with Gasteiger partial charge < -0.3 is 15.1 Å². The standard InChI is InChI=1S/C30H31FN6OS/c1-2-25-18-28(37-15-13-36(14-16-37)27-11-4-3-10-26(27)31)35-30(34-25)39-21-22-7-5-9-24(17-22)29(38)33-20-23-8-6-12-32-19-23/h3-12,17-19H,2,13-16,20-21H2,1H3,(H,33,38). The maximum atomic E-state index is 14.2. The van der Waals surface area contributed by atoms with Crippen molar-refractivity contribution in [3.8, 4) is 0 Å². The molecular formula is C30H31FN6OS. The van der Waals surface area contributed by atoms with Crippen LogP contribution in [-0.4, -0.2) is 47.0 Å². The number of nitrogens with one attached hydrogen (secondary N) is 1. The highest BCUT2D eigenvalue weighted by molar-refractivity contribution is 7.98. The number of piperazine rings is 1. The molecule has 3 heterocycles. The zero-order chi connectivity index (χ0) is 27.0. The molecule has 1 aliphatic rings. The van der Waals surface area contributed by atoms with Crippen LogP contribution in [0.25, 0.3) is 0 Å². The minimum atomic E-state index is -0.185. The Morgan fingerprint density at radius 2 is 1.74 bits per heavy atom. The lowest BCUT2D eigenvalue weighted by molar-refractivity contribution is 0.0951. The molecule has 1 aliphatic heterocycles. The first-order chi connectivity index (χ1) is 19.1. The number of hydrogen-bond acceptors (Lipinski definition) is 7. The molecule has 1 amide bonds. The number of carbonyl (C=O) groups is 1. The van der Waals surface area contributed by atoms with E-state index in [9.17, 15) is 9.18 Å². The fraction of sp³-hybridized carbons (Fsp3) is 0.267. The van der Waals surface area contributed by atoms with Gasteiger partial charge in [0.2, 0.25) is 0 Å². The summed E-state index contributed by atoms with van der Waals surface area (Å²) >= 11 is 1.56. The summed E-state index contributed by atoms with van der Waals surface area (Å²) in [6, 6.07) is 20.4. The number of para-hydroxylation sites is 1. The third kappa shape index (κ3) is 6.92. The quantitative estimate of drug-likeness (QED) is 0.232. The van der Waals surface area contributed by atoms with Crippen LogP contribution in [0.4, 0.5) is 15.9 Å². The first kappa shape index (κ1) is 26.6. The number of thioether (sulfide) groups is 1. The molecule has 2 aromatic heterocycles. The number of aryl methyl sites for hydroxylation is 1. The fourth-order valence-corrected chi connectivity index (χ4v) is 5.30. The summed E-state index contributed by atoms with van der Waals surface area (Å²) in [5.41, 5.74) is 4.24. The average Bonchev–Trinajstić information content (AvgIpc) is 2.99. The molecule has 200 valence electrons. The van der Waals surface area contributed by atoms with Crippen LogP contribution in [0.1, 0.15) is 34.1 Å². The molecule has 0 atom stereocenters. The third-order valence-corrected chi connectivity index (χ3v) is 7.56. The number of rotatable bonds is 9. The van der Waals surface area contributed by atoms with Gasteiger partial charge in [-0.05, 0) is 47.9 Å². The Bertz CT molecular complexity index is 1410. The lowest BCUT2D eigenvalue weighted by atomic mass is 10.1. The molecule has 0 aliphatic carbocycles. The second-order valence-corrected chi connectivity index (χ2v) is 10.3. The maximum absolute atomic E-state index is 14.2. The van der Waals surface area contributed by atoms with Crippen LogP contribution in [0.5, 0.6) is 0 Å². The van der Waals surface area contributed by atoms with Crippen molar-refractivity contribution in [2.75, 3.05) is 36.0 Å². The third-order valence-electron chi connectivity index (χ3n) is 6.64. The predicted octanol–water partition coefficient (Wildman–Crippen LogP) is 5.12. The van der Waals surface area contributed by atoms with E-state index in [1.165, 1.54) is 6.07 Å². The van der Waals surface area contributed by atoms with E-state index >= 15 is 0 Å². The summed E-state index contributed by atoms with van der Waals surface area (Å²) in [5, 5.41) is 3.67. The zero-order valence-corrected chi connectivity index (χ0v) is 22.7. The monoisotopic (exact) mass is 542 g/mol. The molecule has 39 heavy (non-hydrogen) atoms. The molecule has 1 fully saturated rings. The van der Waals surface area contributed by atoms with E-state index in [0.29, 0.717) is 28.7 Å². The molecular weight excluding hydrogens is 511 g/mol. The summed E-state index contributed by atoms with van der Waals surface area (Å²) in [7, 11) is 0. The Balaban J connectivity index is 1.21. The molecule has 0 saturated carbocycles. The van der Waals surface area contributed by atoms with Gasteiger partial charge in [-0.15, -0.1) is 0 Å². The summed E-state index contributed by atoms with van der Waals surface area (Å²) in [4.78, 5) is 30.7. The largest absolute Gasteiger partial charge is 0.366 e. The molecule has 0 unspecified atom stereocenters. The van der Waals surface area contributed by atoms with Gasteiger partial charge in [0.05, 0.1) is 5.69 Å². The zero-order valence-electron chi connectivity index (χ0n) is 21.9. The van der Waals surface area contributed by atoms with E-state index in [1.807, 2.05) is 48.5 Å². The average molecular weight is 543 g/mol. The number of halogens is 1. The van der Waals surface area contributed by atoms with Gasteiger partial charge in [-0.25, -0.2) is 14.4 Å². The number of benzene rings is 2. The topological polar surface area (TPSA) is 74.2 Å². The lowest BCUT2D eigenvalue weighted by Gasteiger charge is -2.37. The SMILES string of the molecule is CCc1cc(N2CCN(c3ccccc3F)CC2)nc(SCc2cccc(C(=O)NCc3cccnc3)c2)n1. The van der Waals surface area contributed by atoms with Gasteiger partial charge in [0.25, 0.3) is 5.91 Å². The molecule has 0 bridgehead atoms. The van der Waals surface area contributed by atoms with Gasteiger partial charge in [0.15, 0.2) is 5.16 Å². The molecule has 7 nitrogen and oxygen atoms in total. The Hall–Kier alpha value is -3.98. The van der Waals surface area contributed by atoms with E-state index in [1.54, 1.807) is 30.2 Å². The van der Waals surface area contributed by atoms with Crippen LogP contribution in [0.15, 0.2) is 84.3 Å².